The van der Waals surface area contributed by atoms with Gasteiger partial charge in [0.05, 0.1) is 0 Å². The molecule has 0 aliphatic carbocycles. The predicted octanol–water partition coefficient (Wildman–Crippen LogP) is 4.53. The van der Waals surface area contributed by atoms with Crippen molar-refractivity contribution in [3.63, 3.8) is 0 Å². The Morgan fingerprint density at radius 2 is 1.54 bits per heavy atom. The lowest BCUT2D eigenvalue weighted by molar-refractivity contribution is -0.139. The zero-order valence-corrected chi connectivity index (χ0v) is 24.6. The number of carbonyl (C=O) groups is 4. The van der Waals surface area contributed by atoms with Crippen molar-refractivity contribution >= 4 is 29.5 Å². The van der Waals surface area contributed by atoms with Gasteiger partial charge in [-0.15, -0.1) is 0 Å². The Kier molecular flexibility index (Phi) is 10.0. The van der Waals surface area contributed by atoms with Gasteiger partial charge in [0.15, 0.2) is 0 Å². The second-order valence-electron chi connectivity index (χ2n) is 12.4. The zero-order chi connectivity index (χ0) is 28.9. The van der Waals surface area contributed by atoms with Crippen molar-refractivity contribution in [1.82, 2.24) is 15.1 Å². The number of ether oxygens (including phenoxy) is 1. The summed E-state index contributed by atoms with van der Waals surface area (Å²) in [6.45, 7) is 14.9. The lowest BCUT2D eigenvalue weighted by Gasteiger charge is -2.36. The van der Waals surface area contributed by atoms with E-state index in [1.807, 2.05) is 58.9 Å². The smallest absolute Gasteiger partial charge is 0.410 e. The summed E-state index contributed by atoms with van der Waals surface area (Å²) in [4.78, 5) is 55.3. The van der Waals surface area contributed by atoms with Crippen molar-refractivity contribution in [3.05, 3.63) is 29.8 Å². The van der Waals surface area contributed by atoms with E-state index in [4.69, 9.17) is 4.74 Å². The van der Waals surface area contributed by atoms with E-state index in [-0.39, 0.29) is 29.6 Å². The molecule has 2 fully saturated rings. The van der Waals surface area contributed by atoms with Crippen LogP contribution in [0.15, 0.2) is 24.3 Å². The van der Waals surface area contributed by atoms with Gasteiger partial charge in [-0.2, -0.15) is 0 Å². The number of amides is 4. The summed E-state index contributed by atoms with van der Waals surface area (Å²) in [5, 5.41) is 5.88. The molecule has 1 aromatic rings. The van der Waals surface area contributed by atoms with E-state index in [0.717, 1.165) is 6.42 Å². The lowest BCUT2D eigenvalue weighted by atomic mass is 9.93. The molecule has 216 valence electrons. The third-order valence-electron chi connectivity index (χ3n) is 7.44. The summed E-state index contributed by atoms with van der Waals surface area (Å²) in [5.41, 5.74) is 1.27. The van der Waals surface area contributed by atoms with E-state index in [0.29, 0.717) is 50.5 Å². The number of hydrogen-bond donors (Lipinski definition) is 2. The van der Waals surface area contributed by atoms with Gasteiger partial charge in [0, 0.05) is 31.2 Å². The second-order valence-corrected chi connectivity index (χ2v) is 12.4. The van der Waals surface area contributed by atoms with Crippen LogP contribution in [0.25, 0.3) is 0 Å². The number of hydrogen-bond acceptors (Lipinski definition) is 5. The Balaban J connectivity index is 1.53. The minimum atomic E-state index is -0.664. The Morgan fingerprint density at radius 3 is 2.08 bits per heavy atom. The van der Waals surface area contributed by atoms with Gasteiger partial charge in [-0.3, -0.25) is 19.3 Å². The van der Waals surface area contributed by atoms with Gasteiger partial charge in [-0.05, 0) is 76.0 Å². The van der Waals surface area contributed by atoms with Crippen LogP contribution in [0, 0.1) is 11.8 Å². The van der Waals surface area contributed by atoms with Gasteiger partial charge in [0.25, 0.3) is 0 Å². The molecule has 3 rings (SSSR count). The molecular formula is C30H46N4O5. The fraction of sp³-hybridized carbons (Fsp3) is 0.667. The minimum absolute atomic E-state index is 0.0832. The first-order chi connectivity index (χ1) is 18.3. The van der Waals surface area contributed by atoms with Crippen LogP contribution in [0.4, 0.5) is 10.5 Å². The molecule has 0 unspecified atom stereocenters. The molecule has 39 heavy (non-hydrogen) atoms. The third-order valence-corrected chi connectivity index (χ3v) is 7.44. The van der Waals surface area contributed by atoms with Crippen molar-refractivity contribution < 1.29 is 23.9 Å². The number of nitrogens with zero attached hydrogens (tertiary/aromatic N) is 2. The van der Waals surface area contributed by atoms with Gasteiger partial charge in [-0.25, -0.2) is 4.79 Å². The highest BCUT2D eigenvalue weighted by Crippen LogP contribution is 2.26. The normalized spacial score (nSPS) is 19.3. The van der Waals surface area contributed by atoms with Crippen molar-refractivity contribution in [2.75, 3.05) is 25.0 Å². The molecule has 0 bridgehead atoms. The molecule has 2 N–H and O–H groups in total. The van der Waals surface area contributed by atoms with Crippen molar-refractivity contribution in [1.29, 1.82) is 0 Å². The van der Waals surface area contributed by atoms with Crippen LogP contribution in [0.1, 0.15) is 85.6 Å². The molecule has 2 heterocycles. The number of carbonyl (C=O) groups excluding carboxylic acids is 4. The quantitative estimate of drug-likeness (QED) is 0.526. The second kappa shape index (κ2) is 12.8. The molecule has 0 aromatic heterocycles. The van der Waals surface area contributed by atoms with Crippen LogP contribution < -0.4 is 10.6 Å². The van der Waals surface area contributed by atoms with Crippen molar-refractivity contribution in [2.24, 2.45) is 11.8 Å². The number of rotatable bonds is 7. The molecule has 2 atom stereocenters. The molecule has 2 aliphatic rings. The van der Waals surface area contributed by atoms with Crippen LogP contribution in [0.5, 0.6) is 0 Å². The third kappa shape index (κ3) is 8.19. The number of likely N-dealkylation sites (tertiary alicyclic amines) is 2. The van der Waals surface area contributed by atoms with E-state index in [1.54, 1.807) is 4.90 Å². The average Bonchev–Trinajstić information content (AvgIpc) is 3.36. The Hall–Kier alpha value is -3.10. The molecule has 0 spiro atoms. The summed E-state index contributed by atoms with van der Waals surface area (Å²) in [5.74, 6) is -0.457. The number of anilines is 1. The van der Waals surface area contributed by atoms with Crippen molar-refractivity contribution in [2.45, 2.75) is 97.8 Å². The fourth-order valence-electron chi connectivity index (χ4n) is 5.11. The maximum absolute atomic E-state index is 13.3. The van der Waals surface area contributed by atoms with E-state index >= 15 is 0 Å². The monoisotopic (exact) mass is 542 g/mol. The number of piperidine rings is 1. The van der Waals surface area contributed by atoms with Crippen LogP contribution >= 0.6 is 0 Å². The fourth-order valence-corrected chi connectivity index (χ4v) is 5.11. The predicted molar refractivity (Wildman–Crippen MR) is 151 cm³/mol. The van der Waals surface area contributed by atoms with Gasteiger partial charge in [0.1, 0.15) is 17.7 Å². The van der Waals surface area contributed by atoms with Crippen LogP contribution in [0.2, 0.25) is 0 Å². The van der Waals surface area contributed by atoms with Gasteiger partial charge >= 0.3 is 6.09 Å². The SMILES string of the molecule is CC(C)c1ccc(NC(=O)[C@@H](NC(=O)C2CCN(C(=O)[C@H]3CCCN3C(=O)OC(C)(C)C)CC2)C(C)C)cc1. The Morgan fingerprint density at radius 1 is 0.923 bits per heavy atom. The van der Waals surface area contributed by atoms with E-state index in [2.05, 4.69) is 24.5 Å². The first-order valence-electron chi connectivity index (χ1n) is 14.3. The standard InChI is InChI=1S/C30H46N4O5/c1-19(2)21-10-12-23(13-11-21)31-27(36)25(20(3)4)32-26(35)22-14-17-33(18-15-22)28(37)24-9-8-16-34(24)29(38)39-30(5,6)7/h10-13,19-20,22,24-25H,8-9,14-18H2,1-7H3,(H,31,36)(H,32,35)/t24-,25+/m1/s1. The molecule has 9 nitrogen and oxygen atoms in total. The first kappa shape index (κ1) is 30.4. The number of benzene rings is 1. The highest BCUT2D eigenvalue weighted by atomic mass is 16.6. The molecule has 0 saturated carbocycles. The van der Waals surface area contributed by atoms with E-state index in [1.165, 1.54) is 10.5 Å². The Labute approximate surface area is 233 Å². The van der Waals surface area contributed by atoms with E-state index < -0.39 is 23.8 Å². The molecule has 1 aromatic carbocycles. The zero-order valence-electron chi connectivity index (χ0n) is 24.6. The summed E-state index contributed by atoms with van der Waals surface area (Å²) in [6.07, 6.45) is 1.94. The number of nitrogens with one attached hydrogen (secondary N) is 2. The Bertz CT molecular complexity index is 1020. The topological polar surface area (TPSA) is 108 Å². The summed E-state index contributed by atoms with van der Waals surface area (Å²) < 4.78 is 5.50. The highest BCUT2D eigenvalue weighted by Gasteiger charge is 2.40. The van der Waals surface area contributed by atoms with Crippen molar-refractivity contribution in [3.8, 4) is 0 Å². The van der Waals surface area contributed by atoms with Crippen LogP contribution in [-0.2, 0) is 19.1 Å². The maximum Gasteiger partial charge on any atom is 0.410 e. The van der Waals surface area contributed by atoms with Crippen LogP contribution in [-0.4, -0.2) is 70.9 Å². The summed E-state index contributed by atoms with van der Waals surface area (Å²) in [7, 11) is 0. The lowest BCUT2D eigenvalue weighted by Crippen LogP contribution is -2.53. The molecular weight excluding hydrogens is 496 g/mol. The molecule has 9 heteroatoms. The molecule has 2 aliphatic heterocycles. The molecule has 0 radical (unpaired) electrons. The maximum atomic E-state index is 13.3. The van der Waals surface area contributed by atoms with Gasteiger partial charge in [-0.1, -0.05) is 39.8 Å². The largest absolute Gasteiger partial charge is 0.444 e. The average molecular weight is 543 g/mol. The molecule has 4 amide bonds. The minimum Gasteiger partial charge on any atom is -0.444 e. The summed E-state index contributed by atoms with van der Waals surface area (Å²) >= 11 is 0. The summed E-state index contributed by atoms with van der Waals surface area (Å²) in [6, 6.07) is 6.57. The van der Waals surface area contributed by atoms with Gasteiger partial charge in [0.2, 0.25) is 17.7 Å². The van der Waals surface area contributed by atoms with E-state index in [9.17, 15) is 19.2 Å². The van der Waals surface area contributed by atoms with Crippen LogP contribution in [0.3, 0.4) is 0 Å². The van der Waals surface area contributed by atoms with Gasteiger partial charge < -0.3 is 20.3 Å². The highest BCUT2D eigenvalue weighted by molar-refractivity contribution is 5.97. The first-order valence-corrected chi connectivity index (χ1v) is 14.3. The molecule has 2 saturated heterocycles.